The number of amides is 1. The number of aliphatic hydroxyl groups excluding tert-OH is 1. The second kappa shape index (κ2) is 7.08. The van der Waals surface area contributed by atoms with Crippen LogP contribution in [0.4, 0.5) is 0 Å². The second-order valence-corrected chi connectivity index (χ2v) is 8.26. The van der Waals surface area contributed by atoms with Crippen LogP contribution in [0.15, 0.2) is 18.2 Å². The lowest BCUT2D eigenvalue weighted by Gasteiger charge is -2.34. The lowest BCUT2D eigenvalue weighted by Crippen LogP contribution is -2.55. The van der Waals surface area contributed by atoms with Gasteiger partial charge in [-0.3, -0.25) is 4.79 Å². The Bertz CT molecular complexity index is 644. The Morgan fingerprint density at radius 2 is 2.20 bits per heavy atom. The molecule has 25 heavy (non-hydrogen) atoms. The number of fused-ring (bicyclic) bond motifs is 1. The fraction of sp³-hybridized carbons (Fsp3) is 0.667. The summed E-state index contributed by atoms with van der Waals surface area (Å²) in [7, 11) is 0. The molecule has 1 amide bonds. The smallest absolute Gasteiger partial charge is 0.246 e. The molecule has 2 fully saturated rings. The molecule has 1 spiro atoms. The monoisotopic (exact) mass is 343 g/mol. The van der Waals surface area contributed by atoms with Gasteiger partial charge in [0.05, 0.1) is 12.1 Å². The minimum atomic E-state index is -0.134. The predicted molar refractivity (Wildman–Crippen MR) is 96.6 cm³/mol. The van der Waals surface area contributed by atoms with Gasteiger partial charge in [-0.2, -0.15) is 0 Å². The van der Waals surface area contributed by atoms with Crippen LogP contribution in [0, 0.1) is 5.92 Å². The lowest BCUT2D eigenvalue weighted by molar-refractivity contribution is -0.135. The number of morpholine rings is 1. The molecule has 1 saturated heterocycles. The van der Waals surface area contributed by atoms with Gasteiger partial charge in [-0.1, -0.05) is 18.2 Å². The molecule has 1 saturated carbocycles. The van der Waals surface area contributed by atoms with E-state index >= 15 is 0 Å². The minimum Gasteiger partial charge on any atom is -0.396 e. The van der Waals surface area contributed by atoms with Gasteiger partial charge in [0.15, 0.2) is 0 Å². The number of benzene rings is 1. The average Bonchev–Trinajstić information content (AvgIpc) is 3.02. The maximum absolute atomic E-state index is 11.7. The summed E-state index contributed by atoms with van der Waals surface area (Å²) < 4.78 is 5.51. The largest absolute Gasteiger partial charge is 0.396 e. The molecule has 0 unspecified atom stereocenters. The van der Waals surface area contributed by atoms with Crippen LogP contribution in [0.5, 0.6) is 0 Å². The van der Waals surface area contributed by atoms with Gasteiger partial charge in [-0.05, 0) is 79.9 Å². The summed E-state index contributed by atoms with van der Waals surface area (Å²) in [4.78, 5) is 11.7. The summed E-state index contributed by atoms with van der Waals surface area (Å²) in [6, 6.07) is 7.06. The fourth-order valence-electron chi connectivity index (χ4n) is 5.09. The van der Waals surface area contributed by atoms with Crippen molar-refractivity contribution in [2.75, 3.05) is 19.8 Å². The minimum absolute atomic E-state index is 0.0336. The molecule has 1 aromatic rings. The van der Waals surface area contributed by atoms with Crippen molar-refractivity contribution in [3.8, 4) is 0 Å². The van der Waals surface area contributed by atoms with Crippen LogP contribution in [0.3, 0.4) is 0 Å². The van der Waals surface area contributed by atoms with Crippen molar-refractivity contribution in [2.24, 2.45) is 5.92 Å². The first-order valence-electron chi connectivity index (χ1n) is 9.79. The Hall–Kier alpha value is -1.39. The molecule has 3 aliphatic rings. The Kier molecular flexibility index (Phi) is 4.83. The highest BCUT2D eigenvalue weighted by atomic mass is 16.5. The van der Waals surface area contributed by atoms with Crippen molar-refractivity contribution in [1.82, 2.24) is 5.32 Å². The third-order valence-electron chi connectivity index (χ3n) is 6.43. The molecular formula is C21H29NO3. The van der Waals surface area contributed by atoms with Gasteiger partial charge in [0.1, 0.15) is 6.61 Å². The van der Waals surface area contributed by atoms with Crippen LogP contribution in [0.1, 0.15) is 61.1 Å². The molecule has 4 nitrogen and oxygen atoms in total. The van der Waals surface area contributed by atoms with Crippen molar-refractivity contribution < 1.29 is 14.6 Å². The standard InChI is InChI=1S/C21H29NO3/c23-9-1-2-15-3-4-17-11-18(6-5-16(17)10-15)19-7-8-21(12-19)14-25-13-20(24)22-21/h5-6,11,15,19,23H,1-4,7-10,12-14H2,(H,22,24)/t15-,19-,21+/m0/s1. The number of ether oxygens (including phenoxy) is 1. The van der Waals surface area contributed by atoms with Crippen molar-refractivity contribution in [3.05, 3.63) is 34.9 Å². The number of hydrogen-bond donors (Lipinski definition) is 2. The lowest BCUT2D eigenvalue weighted by atomic mass is 9.80. The molecule has 1 aromatic carbocycles. The first kappa shape index (κ1) is 17.0. The van der Waals surface area contributed by atoms with E-state index in [-0.39, 0.29) is 18.1 Å². The zero-order valence-corrected chi connectivity index (χ0v) is 14.9. The summed E-state index contributed by atoms with van der Waals surface area (Å²) in [5.41, 5.74) is 4.32. The Labute approximate surface area is 150 Å². The van der Waals surface area contributed by atoms with Crippen molar-refractivity contribution >= 4 is 5.91 Å². The van der Waals surface area contributed by atoms with Crippen LogP contribution >= 0.6 is 0 Å². The SMILES string of the molecule is O=C1COC[C@]2(CC[C@H](c3ccc4c(c3)CC[C@H](CCCO)C4)C2)N1. The zero-order valence-electron chi connectivity index (χ0n) is 14.9. The summed E-state index contributed by atoms with van der Waals surface area (Å²) in [6.07, 6.45) is 8.78. The van der Waals surface area contributed by atoms with Crippen LogP contribution in [-0.2, 0) is 22.4 Å². The first-order valence-corrected chi connectivity index (χ1v) is 9.79. The number of carbonyl (C=O) groups excluding carboxylic acids is 1. The topological polar surface area (TPSA) is 58.6 Å². The Balaban J connectivity index is 1.44. The third-order valence-corrected chi connectivity index (χ3v) is 6.43. The molecule has 0 radical (unpaired) electrons. The summed E-state index contributed by atoms with van der Waals surface area (Å²) in [5.74, 6) is 1.29. The number of aliphatic hydroxyl groups is 1. The van der Waals surface area contributed by atoms with Crippen molar-refractivity contribution in [3.63, 3.8) is 0 Å². The molecule has 2 aliphatic carbocycles. The van der Waals surface area contributed by atoms with E-state index in [4.69, 9.17) is 9.84 Å². The molecule has 0 aromatic heterocycles. The van der Waals surface area contributed by atoms with Gasteiger partial charge in [0, 0.05) is 6.61 Å². The molecule has 136 valence electrons. The molecular weight excluding hydrogens is 314 g/mol. The predicted octanol–water partition coefficient (Wildman–Crippen LogP) is 2.72. The number of hydrogen-bond acceptors (Lipinski definition) is 3. The summed E-state index contributed by atoms with van der Waals surface area (Å²) in [5, 5.41) is 12.2. The maximum Gasteiger partial charge on any atom is 0.246 e. The van der Waals surface area contributed by atoms with E-state index in [1.165, 1.54) is 23.1 Å². The zero-order chi connectivity index (χ0) is 17.3. The second-order valence-electron chi connectivity index (χ2n) is 8.26. The number of aryl methyl sites for hydroxylation is 1. The van der Waals surface area contributed by atoms with Gasteiger partial charge < -0.3 is 15.2 Å². The number of rotatable bonds is 4. The maximum atomic E-state index is 11.7. The van der Waals surface area contributed by atoms with Gasteiger partial charge in [0.2, 0.25) is 5.91 Å². The van der Waals surface area contributed by atoms with E-state index in [9.17, 15) is 4.79 Å². The molecule has 1 aliphatic heterocycles. The van der Waals surface area contributed by atoms with Gasteiger partial charge in [0.25, 0.3) is 0 Å². The first-order chi connectivity index (χ1) is 12.2. The number of nitrogens with one attached hydrogen (secondary N) is 1. The van der Waals surface area contributed by atoms with Crippen LogP contribution < -0.4 is 5.32 Å². The van der Waals surface area contributed by atoms with E-state index in [1.54, 1.807) is 0 Å². The molecule has 2 N–H and O–H groups in total. The van der Waals surface area contributed by atoms with Crippen LogP contribution in [-0.4, -0.2) is 36.4 Å². The summed E-state index contributed by atoms with van der Waals surface area (Å²) >= 11 is 0. The number of carbonyl (C=O) groups is 1. The van der Waals surface area contributed by atoms with Gasteiger partial charge in [-0.25, -0.2) is 0 Å². The molecule has 4 heteroatoms. The molecule has 4 rings (SSSR count). The van der Waals surface area contributed by atoms with E-state index in [1.807, 2.05) is 0 Å². The highest BCUT2D eigenvalue weighted by Crippen LogP contribution is 2.43. The fourth-order valence-corrected chi connectivity index (χ4v) is 5.09. The Morgan fingerprint density at radius 1 is 1.28 bits per heavy atom. The highest BCUT2D eigenvalue weighted by molar-refractivity contribution is 5.78. The van der Waals surface area contributed by atoms with E-state index in [0.29, 0.717) is 19.1 Å². The van der Waals surface area contributed by atoms with Crippen molar-refractivity contribution in [1.29, 1.82) is 0 Å². The molecule has 1 heterocycles. The van der Waals surface area contributed by atoms with E-state index in [2.05, 4.69) is 23.5 Å². The van der Waals surface area contributed by atoms with Gasteiger partial charge in [-0.15, -0.1) is 0 Å². The molecule has 3 atom stereocenters. The van der Waals surface area contributed by atoms with Crippen LogP contribution in [0.25, 0.3) is 0 Å². The molecule has 0 bridgehead atoms. The van der Waals surface area contributed by atoms with Gasteiger partial charge >= 0.3 is 0 Å². The van der Waals surface area contributed by atoms with Crippen LogP contribution in [0.2, 0.25) is 0 Å². The third kappa shape index (κ3) is 3.61. The van der Waals surface area contributed by atoms with Crippen molar-refractivity contribution in [2.45, 2.75) is 62.8 Å². The van der Waals surface area contributed by atoms with E-state index in [0.717, 1.165) is 50.9 Å². The van der Waals surface area contributed by atoms with E-state index < -0.39 is 0 Å². The average molecular weight is 343 g/mol. The normalized spacial score (nSPS) is 31.8. The quantitative estimate of drug-likeness (QED) is 0.884. The summed E-state index contributed by atoms with van der Waals surface area (Å²) in [6.45, 7) is 1.18. The highest BCUT2D eigenvalue weighted by Gasteiger charge is 2.43. The Morgan fingerprint density at radius 3 is 3.04 bits per heavy atom.